The van der Waals surface area contributed by atoms with Crippen LogP contribution in [0.2, 0.25) is 0 Å². The predicted molar refractivity (Wildman–Crippen MR) is 85.3 cm³/mol. The summed E-state index contributed by atoms with van der Waals surface area (Å²) in [7, 11) is 0. The Hall–Kier alpha value is -1.27. The molecule has 4 nitrogen and oxygen atoms in total. The van der Waals surface area contributed by atoms with Gasteiger partial charge in [0.1, 0.15) is 5.01 Å². The van der Waals surface area contributed by atoms with Crippen molar-refractivity contribution in [2.24, 2.45) is 0 Å². The molecule has 0 saturated carbocycles. The lowest BCUT2D eigenvalue weighted by Gasteiger charge is -2.17. The van der Waals surface area contributed by atoms with E-state index in [4.69, 9.17) is 0 Å². The molecule has 0 unspecified atom stereocenters. The van der Waals surface area contributed by atoms with Crippen LogP contribution in [-0.2, 0) is 5.41 Å². The van der Waals surface area contributed by atoms with Gasteiger partial charge in [0, 0.05) is 15.5 Å². The topological polar surface area (TPSA) is 54.9 Å². The number of rotatable bonds is 4. The second kappa shape index (κ2) is 6.01. The van der Waals surface area contributed by atoms with Crippen LogP contribution in [0, 0.1) is 0 Å². The lowest BCUT2D eigenvalue weighted by Crippen LogP contribution is -2.14. The molecule has 0 saturated heterocycles. The number of aromatic nitrogens is 2. The standard InChI is InChI=1S/C14H16BrN3OS/c1-4-14(2,3)12-17-18-13(20-12)16-11(19)9-6-5-7-10(15)8-9/h5-8H,4H2,1-3H3,(H,16,18,19). The molecule has 1 heterocycles. The van der Waals surface area contributed by atoms with E-state index in [-0.39, 0.29) is 11.3 Å². The summed E-state index contributed by atoms with van der Waals surface area (Å²) in [6.45, 7) is 6.35. The Morgan fingerprint density at radius 1 is 1.40 bits per heavy atom. The van der Waals surface area contributed by atoms with Crippen molar-refractivity contribution >= 4 is 38.3 Å². The average Bonchev–Trinajstić information content (AvgIpc) is 2.88. The molecule has 1 amide bonds. The van der Waals surface area contributed by atoms with Crippen LogP contribution in [-0.4, -0.2) is 16.1 Å². The van der Waals surface area contributed by atoms with Gasteiger partial charge in [-0.3, -0.25) is 10.1 Å². The molecule has 0 aliphatic carbocycles. The van der Waals surface area contributed by atoms with Crippen molar-refractivity contribution in [3.8, 4) is 0 Å². The number of amides is 1. The fourth-order valence-corrected chi connectivity index (χ4v) is 2.81. The van der Waals surface area contributed by atoms with E-state index >= 15 is 0 Å². The van der Waals surface area contributed by atoms with Crippen molar-refractivity contribution in [1.29, 1.82) is 0 Å². The zero-order valence-electron chi connectivity index (χ0n) is 11.6. The molecule has 6 heteroatoms. The Morgan fingerprint density at radius 3 is 2.80 bits per heavy atom. The van der Waals surface area contributed by atoms with Crippen molar-refractivity contribution in [2.45, 2.75) is 32.6 Å². The Kier molecular flexibility index (Phi) is 4.55. The second-order valence-electron chi connectivity index (χ2n) is 5.11. The van der Waals surface area contributed by atoms with E-state index in [1.54, 1.807) is 12.1 Å². The van der Waals surface area contributed by atoms with Crippen LogP contribution in [0.4, 0.5) is 5.13 Å². The predicted octanol–water partition coefficient (Wildman–Crippen LogP) is 4.24. The lowest BCUT2D eigenvalue weighted by molar-refractivity contribution is 0.102. The number of hydrogen-bond donors (Lipinski definition) is 1. The van der Waals surface area contributed by atoms with Crippen LogP contribution < -0.4 is 5.32 Å². The maximum atomic E-state index is 12.1. The van der Waals surface area contributed by atoms with Crippen LogP contribution in [0.5, 0.6) is 0 Å². The number of nitrogens with zero attached hydrogens (tertiary/aromatic N) is 2. The van der Waals surface area contributed by atoms with Crippen molar-refractivity contribution in [3.63, 3.8) is 0 Å². The highest BCUT2D eigenvalue weighted by Crippen LogP contribution is 2.31. The van der Waals surface area contributed by atoms with Gasteiger partial charge in [-0.1, -0.05) is 54.1 Å². The Morgan fingerprint density at radius 2 is 2.15 bits per heavy atom. The Labute approximate surface area is 130 Å². The minimum Gasteiger partial charge on any atom is -0.296 e. The summed E-state index contributed by atoms with van der Waals surface area (Å²) in [6, 6.07) is 7.24. The quantitative estimate of drug-likeness (QED) is 0.894. The molecule has 0 atom stereocenters. The third-order valence-corrected chi connectivity index (χ3v) is 4.89. The van der Waals surface area contributed by atoms with E-state index in [0.717, 1.165) is 15.9 Å². The summed E-state index contributed by atoms with van der Waals surface area (Å²) < 4.78 is 0.871. The number of halogens is 1. The van der Waals surface area contributed by atoms with Crippen molar-refractivity contribution in [3.05, 3.63) is 39.3 Å². The zero-order chi connectivity index (χ0) is 14.8. The van der Waals surface area contributed by atoms with Crippen LogP contribution in [0.25, 0.3) is 0 Å². The second-order valence-corrected chi connectivity index (χ2v) is 7.01. The van der Waals surface area contributed by atoms with Crippen molar-refractivity contribution in [2.75, 3.05) is 5.32 Å². The largest absolute Gasteiger partial charge is 0.296 e. The van der Waals surface area contributed by atoms with Crippen LogP contribution in [0.3, 0.4) is 0 Å². The zero-order valence-corrected chi connectivity index (χ0v) is 14.0. The summed E-state index contributed by atoms with van der Waals surface area (Å²) in [4.78, 5) is 12.1. The minimum absolute atomic E-state index is 0.0174. The van der Waals surface area contributed by atoms with E-state index in [0.29, 0.717) is 10.7 Å². The van der Waals surface area contributed by atoms with Crippen molar-refractivity contribution in [1.82, 2.24) is 10.2 Å². The highest BCUT2D eigenvalue weighted by molar-refractivity contribution is 9.10. The third kappa shape index (κ3) is 3.43. The first-order valence-corrected chi connectivity index (χ1v) is 7.94. The van der Waals surface area contributed by atoms with Gasteiger partial charge in [0.25, 0.3) is 5.91 Å². The summed E-state index contributed by atoms with van der Waals surface area (Å²) in [6.07, 6.45) is 0.973. The molecule has 1 N–H and O–H groups in total. The summed E-state index contributed by atoms with van der Waals surface area (Å²) in [5.41, 5.74) is 0.571. The minimum atomic E-state index is -0.177. The van der Waals surface area contributed by atoms with Gasteiger partial charge < -0.3 is 0 Å². The molecule has 0 radical (unpaired) electrons. The van der Waals surface area contributed by atoms with Crippen LogP contribution in [0.1, 0.15) is 42.6 Å². The first-order chi connectivity index (χ1) is 9.42. The third-order valence-electron chi connectivity index (χ3n) is 3.20. The number of nitrogens with one attached hydrogen (secondary N) is 1. The van der Waals surface area contributed by atoms with Gasteiger partial charge in [-0.25, -0.2) is 0 Å². The molecule has 2 rings (SSSR count). The fourth-order valence-electron chi connectivity index (χ4n) is 1.50. The van der Waals surface area contributed by atoms with Gasteiger partial charge in [-0.2, -0.15) is 0 Å². The molecule has 0 spiro atoms. The SMILES string of the molecule is CCC(C)(C)c1nnc(NC(=O)c2cccc(Br)c2)s1. The van der Waals surface area contributed by atoms with Gasteiger partial charge in [0.2, 0.25) is 5.13 Å². The normalized spacial score (nSPS) is 11.4. The summed E-state index contributed by atoms with van der Waals surface area (Å²) in [5, 5.41) is 12.5. The number of carbonyl (C=O) groups excluding carboxylic acids is 1. The fraction of sp³-hybridized carbons (Fsp3) is 0.357. The maximum absolute atomic E-state index is 12.1. The maximum Gasteiger partial charge on any atom is 0.257 e. The Bertz CT molecular complexity index is 624. The molecule has 2 aromatic rings. The van der Waals surface area contributed by atoms with Crippen LogP contribution >= 0.6 is 27.3 Å². The monoisotopic (exact) mass is 353 g/mol. The summed E-state index contributed by atoms with van der Waals surface area (Å²) in [5.74, 6) is -0.177. The van der Waals surface area contributed by atoms with Gasteiger partial charge in [0.05, 0.1) is 0 Å². The highest BCUT2D eigenvalue weighted by Gasteiger charge is 2.23. The van der Waals surface area contributed by atoms with Gasteiger partial charge in [0.15, 0.2) is 0 Å². The van der Waals surface area contributed by atoms with E-state index in [9.17, 15) is 4.79 Å². The smallest absolute Gasteiger partial charge is 0.257 e. The van der Waals surface area contributed by atoms with Gasteiger partial charge in [-0.05, 0) is 24.6 Å². The van der Waals surface area contributed by atoms with E-state index in [1.807, 2.05) is 12.1 Å². The molecule has 0 bridgehead atoms. The van der Waals surface area contributed by atoms with E-state index in [1.165, 1.54) is 11.3 Å². The molecule has 0 aliphatic heterocycles. The average molecular weight is 354 g/mol. The number of anilines is 1. The van der Waals surface area contributed by atoms with E-state index in [2.05, 4.69) is 52.2 Å². The molecular formula is C14H16BrN3OS. The number of hydrogen-bond acceptors (Lipinski definition) is 4. The van der Waals surface area contributed by atoms with Gasteiger partial charge in [-0.15, -0.1) is 10.2 Å². The first kappa shape index (κ1) is 15.1. The molecule has 1 aromatic heterocycles. The number of benzene rings is 1. The lowest BCUT2D eigenvalue weighted by atomic mass is 9.91. The molecule has 1 aromatic carbocycles. The molecular weight excluding hydrogens is 338 g/mol. The molecule has 0 fully saturated rings. The molecule has 20 heavy (non-hydrogen) atoms. The Balaban J connectivity index is 2.13. The van der Waals surface area contributed by atoms with Crippen molar-refractivity contribution < 1.29 is 4.79 Å². The highest BCUT2D eigenvalue weighted by atomic mass is 79.9. The molecule has 0 aliphatic rings. The van der Waals surface area contributed by atoms with Gasteiger partial charge >= 0.3 is 0 Å². The van der Waals surface area contributed by atoms with E-state index < -0.39 is 0 Å². The summed E-state index contributed by atoms with van der Waals surface area (Å²) >= 11 is 4.78. The molecule has 106 valence electrons. The first-order valence-electron chi connectivity index (χ1n) is 6.33. The van der Waals surface area contributed by atoms with Crippen LogP contribution in [0.15, 0.2) is 28.7 Å². The number of carbonyl (C=O) groups is 1.